The molecule has 0 bridgehead atoms. The number of likely N-dealkylation sites (tertiary alicyclic amines) is 1. The van der Waals surface area contributed by atoms with Crippen LogP contribution < -0.4 is 5.32 Å². The van der Waals surface area contributed by atoms with E-state index in [0.29, 0.717) is 12.6 Å². The average molecular weight is 315 g/mol. The van der Waals surface area contributed by atoms with E-state index in [1.165, 1.54) is 6.42 Å². The van der Waals surface area contributed by atoms with Crippen LogP contribution in [-0.4, -0.2) is 28.5 Å². The van der Waals surface area contributed by atoms with Crippen LogP contribution in [0.15, 0.2) is 35.7 Å². The van der Waals surface area contributed by atoms with Gasteiger partial charge in [-0.2, -0.15) is 0 Å². The van der Waals surface area contributed by atoms with E-state index >= 15 is 0 Å². The van der Waals surface area contributed by atoms with Gasteiger partial charge in [-0.05, 0) is 26.2 Å². The van der Waals surface area contributed by atoms with Gasteiger partial charge in [-0.15, -0.1) is 11.3 Å². The number of benzene rings is 1. The van der Waals surface area contributed by atoms with Crippen LogP contribution in [0, 0.1) is 0 Å². The van der Waals surface area contributed by atoms with E-state index in [0.717, 1.165) is 35.7 Å². The summed E-state index contributed by atoms with van der Waals surface area (Å²) in [6.45, 7) is 3.48. The van der Waals surface area contributed by atoms with E-state index in [1.54, 1.807) is 11.3 Å². The SMILES string of the molecule is CC1CCCCN1C(=O)NCc1nc(-c2ccccc2)cs1. The van der Waals surface area contributed by atoms with Crippen molar-refractivity contribution in [3.63, 3.8) is 0 Å². The Morgan fingerprint density at radius 1 is 1.36 bits per heavy atom. The lowest BCUT2D eigenvalue weighted by molar-refractivity contribution is 0.158. The maximum absolute atomic E-state index is 12.3. The maximum Gasteiger partial charge on any atom is 0.317 e. The van der Waals surface area contributed by atoms with Crippen LogP contribution in [0.1, 0.15) is 31.2 Å². The van der Waals surface area contributed by atoms with Crippen LogP contribution in [0.3, 0.4) is 0 Å². The molecule has 1 N–H and O–H groups in total. The molecule has 1 aromatic carbocycles. The van der Waals surface area contributed by atoms with Crippen molar-refractivity contribution >= 4 is 17.4 Å². The molecule has 1 atom stereocenters. The fourth-order valence-electron chi connectivity index (χ4n) is 2.79. The molecule has 2 aromatic rings. The second-order valence-corrected chi connectivity index (χ2v) is 6.63. The first-order valence-electron chi connectivity index (χ1n) is 7.78. The minimum atomic E-state index is 0.0312. The highest BCUT2D eigenvalue weighted by atomic mass is 32.1. The van der Waals surface area contributed by atoms with Gasteiger partial charge in [0.25, 0.3) is 0 Å². The molecule has 2 heterocycles. The number of urea groups is 1. The minimum Gasteiger partial charge on any atom is -0.331 e. The number of aromatic nitrogens is 1. The summed E-state index contributed by atoms with van der Waals surface area (Å²) in [6, 6.07) is 10.5. The number of nitrogens with zero attached hydrogens (tertiary/aromatic N) is 2. The Hall–Kier alpha value is -1.88. The summed E-state index contributed by atoms with van der Waals surface area (Å²) in [5, 5.41) is 5.98. The zero-order valence-electron chi connectivity index (χ0n) is 12.8. The Kier molecular flexibility index (Phi) is 4.73. The van der Waals surface area contributed by atoms with Gasteiger partial charge in [0.05, 0.1) is 12.2 Å². The van der Waals surface area contributed by atoms with Gasteiger partial charge < -0.3 is 10.2 Å². The zero-order chi connectivity index (χ0) is 15.4. The summed E-state index contributed by atoms with van der Waals surface area (Å²) < 4.78 is 0. The quantitative estimate of drug-likeness (QED) is 0.934. The summed E-state index contributed by atoms with van der Waals surface area (Å²) >= 11 is 1.59. The largest absolute Gasteiger partial charge is 0.331 e. The van der Waals surface area contributed by atoms with Gasteiger partial charge in [-0.25, -0.2) is 9.78 Å². The Bertz CT molecular complexity index is 626. The number of piperidine rings is 1. The molecule has 2 amide bonds. The molecule has 5 heteroatoms. The lowest BCUT2D eigenvalue weighted by Crippen LogP contribution is -2.47. The maximum atomic E-state index is 12.3. The van der Waals surface area contributed by atoms with Crippen molar-refractivity contribution in [2.45, 2.75) is 38.8 Å². The Balaban J connectivity index is 1.58. The standard InChI is InChI=1S/C17H21N3OS/c1-13-7-5-6-10-20(13)17(21)18-11-16-19-15(12-22-16)14-8-3-2-4-9-14/h2-4,8-9,12-13H,5-7,10-11H2,1H3,(H,18,21). The van der Waals surface area contributed by atoms with Gasteiger partial charge in [0.2, 0.25) is 0 Å². The van der Waals surface area contributed by atoms with Gasteiger partial charge in [-0.3, -0.25) is 0 Å². The third-order valence-corrected chi connectivity index (χ3v) is 4.92. The Morgan fingerprint density at radius 2 is 2.18 bits per heavy atom. The average Bonchev–Trinajstić information content (AvgIpc) is 3.03. The van der Waals surface area contributed by atoms with Crippen LogP contribution in [0.25, 0.3) is 11.3 Å². The predicted molar refractivity (Wildman–Crippen MR) is 89.8 cm³/mol. The van der Waals surface area contributed by atoms with E-state index in [1.807, 2.05) is 40.6 Å². The van der Waals surface area contributed by atoms with Crippen LogP contribution in [-0.2, 0) is 6.54 Å². The summed E-state index contributed by atoms with van der Waals surface area (Å²) in [7, 11) is 0. The molecule has 1 aromatic heterocycles. The molecular formula is C17H21N3OS. The molecule has 1 aliphatic heterocycles. The second kappa shape index (κ2) is 6.92. The van der Waals surface area contributed by atoms with Gasteiger partial charge >= 0.3 is 6.03 Å². The van der Waals surface area contributed by atoms with Crippen molar-refractivity contribution < 1.29 is 4.79 Å². The smallest absolute Gasteiger partial charge is 0.317 e. The number of carbonyl (C=O) groups excluding carboxylic acids is 1. The van der Waals surface area contributed by atoms with Crippen molar-refractivity contribution in [3.8, 4) is 11.3 Å². The number of thiazole rings is 1. The van der Waals surface area contributed by atoms with Crippen LogP contribution in [0.4, 0.5) is 4.79 Å². The van der Waals surface area contributed by atoms with Crippen LogP contribution in [0.2, 0.25) is 0 Å². The third-order valence-electron chi connectivity index (χ3n) is 4.08. The molecule has 1 unspecified atom stereocenters. The van der Waals surface area contributed by atoms with E-state index in [-0.39, 0.29) is 6.03 Å². The molecule has 0 spiro atoms. The third kappa shape index (κ3) is 3.47. The van der Waals surface area contributed by atoms with Gasteiger partial charge in [-0.1, -0.05) is 30.3 Å². The normalized spacial score (nSPS) is 18.2. The van der Waals surface area contributed by atoms with Crippen LogP contribution in [0.5, 0.6) is 0 Å². The topological polar surface area (TPSA) is 45.2 Å². The van der Waals surface area contributed by atoms with Crippen LogP contribution >= 0.6 is 11.3 Å². The molecule has 1 fully saturated rings. The molecule has 1 saturated heterocycles. The van der Waals surface area contributed by atoms with Crippen molar-refractivity contribution in [1.29, 1.82) is 0 Å². The number of hydrogen-bond acceptors (Lipinski definition) is 3. The zero-order valence-corrected chi connectivity index (χ0v) is 13.6. The highest BCUT2D eigenvalue weighted by Crippen LogP contribution is 2.21. The lowest BCUT2D eigenvalue weighted by atomic mass is 10.0. The number of carbonyl (C=O) groups is 1. The summed E-state index contributed by atoms with van der Waals surface area (Å²) in [6.07, 6.45) is 3.42. The molecule has 1 aliphatic rings. The molecule has 4 nitrogen and oxygen atoms in total. The van der Waals surface area contributed by atoms with E-state index in [2.05, 4.69) is 17.2 Å². The molecule has 22 heavy (non-hydrogen) atoms. The van der Waals surface area contributed by atoms with Gasteiger partial charge in [0.1, 0.15) is 5.01 Å². The van der Waals surface area contributed by atoms with Crippen molar-refractivity contribution in [3.05, 3.63) is 40.7 Å². The van der Waals surface area contributed by atoms with Crippen molar-refractivity contribution in [1.82, 2.24) is 15.2 Å². The first-order chi connectivity index (χ1) is 10.7. The predicted octanol–water partition coefficient (Wildman–Crippen LogP) is 3.89. The van der Waals surface area contributed by atoms with Crippen molar-refractivity contribution in [2.75, 3.05) is 6.54 Å². The molecule has 0 aliphatic carbocycles. The first kappa shape index (κ1) is 15.0. The molecule has 116 valence electrons. The Labute approximate surface area is 135 Å². The molecule has 3 rings (SSSR count). The number of hydrogen-bond donors (Lipinski definition) is 1. The fourth-order valence-corrected chi connectivity index (χ4v) is 3.53. The highest BCUT2D eigenvalue weighted by molar-refractivity contribution is 7.09. The summed E-state index contributed by atoms with van der Waals surface area (Å²) in [5.41, 5.74) is 2.09. The molecule has 0 radical (unpaired) electrons. The second-order valence-electron chi connectivity index (χ2n) is 5.69. The lowest BCUT2D eigenvalue weighted by Gasteiger charge is -2.33. The molecule has 0 saturated carbocycles. The number of amides is 2. The number of nitrogens with one attached hydrogen (secondary N) is 1. The minimum absolute atomic E-state index is 0.0312. The molecular weight excluding hydrogens is 294 g/mol. The van der Waals surface area contributed by atoms with Crippen molar-refractivity contribution in [2.24, 2.45) is 0 Å². The van der Waals surface area contributed by atoms with E-state index in [4.69, 9.17) is 0 Å². The van der Waals surface area contributed by atoms with E-state index in [9.17, 15) is 4.79 Å². The monoisotopic (exact) mass is 315 g/mol. The van der Waals surface area contributed by atoms with Gasteiger partial charge in [0.15, 0.2) is 0 Å². The summed E-state index contributed by atoms with van der Waals surface area (Å²) in [4.78, 5) is 18.8. The Morgan fingerprint density at radius 3 is 2.95 bits per heavy atom. The fraction of sp³-hybridized carbons (Fsp3) is 0.412. The van der Waals surface area contributed by atoms with E-state index < -0.39 is 0 Å². The summed E-state index contributed by atoms with van der Waals surface area (Å²) in [5.74, 6) is 0. The first-order valence-corrected chi connectivity index (χ1v) is 8.66. The number of rotatable bonds is 3. The highest BCUT2D eigenvalue weighted by Gasteiger charge is 2.22. The van der Waals surface area contributed by atoms with Gasteiger partial charge in [0, 0.05) is 23.5 Å².